The Balaban J connectivity index is 1.91. The number of hydrogen-bond acceptors (Lipinski definition) is 4. The number of carbonyl (C=O) groups is 1. The molecular weight excluding hydrogens is 334 g/mol. The van der Waals surface area contributed by atoms with Crippen molar-refractivity contribution in [2.75, 3.05) is 0 Å². The molecule has 0 unspecified atom stereocenters. The first-order valence-corrected chi connectivity index (χ1v) is 10.1. The van der Waals surface area contributed by atoms with Gasteiger partial charge in [0.1, 0.15) is 10.7 Å². The van der Waals surface area contributed by atoms with Crippen LogP contribution in [0.25, 0.3) is 10.2 Å². The Labute approximate surface area is 152 Å². The Morgan fingerprint density at radius 1 is 1.28 bits per heavy atom. The molecule has 6 heteroatoms. The van der Waals surface area contributed by atoms with Crippen molar-refractivity contribution in [3.8, 4) is 0 Å². The molecule has 0 bridgehead atoms. The summed E-state index contributed by atoms with van der Waals surface area (Å²) in [5.41, 5.74) is 0.917. The molecule has 0 atom stereocenters. The zero-order valence-corrected chi connectivity index (χ0v) is 16.2. The Morgan fingerprint density at radius 2 is 2.00 bits per heavy atom. The molecule has 0 aromatic carbocycles. The van der Waals surface area contributed by atoms with Crippen molar-refractivity contribution in [1.82, 2.24) is 14.9 Å². The first kappa shape index (κ1) is 18.1. The summed E-state index contributed by atoms with van der Waals surface area (Å²) in [5.74, 6) is 0.782. The molecule has 3 rings (SSSR count). The van der Waals surface area contributed by atoms with Gasteiger partial charge in [0.15, 0.2) is 0 Å². The van der Waals surface area contributed by atoms with Crippen LogP contribution in [0.5, 0.6) is 0 Å². The highest BCUT2D eigenvalue weighted by atomic mass is 32.1. The van der Waals surface area contributed by atoms with Gasteiger partial charge in [-0.1, -0.05) is 26.2 Å². The van der Waals surface area contributed by atoms with E-state index >= 15 is 0 Å². The smallest absolute Gasteiger partial charge is 0.259 e. The van der Waals surface area contributed by atoms with Gasteiger partial charge < -0.3 is 9.88 Å². The molecule has 0 aliphatic heterocycles. The molecule has 0 spiro atoms. The van der Waals surface area contributed by atoms with Crippen LogP contribution in [-0.2, 0) is 11.3 Å². The summed E-state index contributed by atoms with van der Waals surface area (Å²) in [4.78, 5) is 36.6. The molecular formula is C19H27N3O2S. The van der Waals surface area contributed by atoms with Crippen molar-refractivity contribution in [3.63, 3.8) is 0 Å². The molecule has 1 saturated carbocycles. The molecule has 2 heterocycles. The first-order chi connectivity index (χ1) is 12.0. The monoisotopic (exact) mass is 361 g/mol. The number of aromatic amines is 1. The summed E-state index contributed by atoms with van der Waals surface area (Å²) in [6, 6.07) is 0.278. The normalized spacial score (nSPS) is 15.6. The van der Waals surface area contributed by atoms with Crippen molar-refractivity contribution in [3.05, 3.63) is 26.6 Å². The lowest BCUT2D eigenvalue weighted by atomic mass is 9.94. The maximum atomic E-state index is 12.7. The average molecular weight is 362 g/mol. The number of nitrogens with zero attached hydrogens (tertiary/aromatic N) is 2. The largest absolute Gasteiger partial charge is 0.332 e. The molecule has 1 aliphatic rings. The molecule has 1 fully saturated rings. The zero-order chi connectivity index (χ0) is 18.0. The Bertz CT molecular complexity index is 818. The fourth-order valence-corrected chi connectivity index (χ4v) is 4.76. The van der Waals surface area contributed by atoms with Crippen LogP contribution >= 0.6 is 11.3 Å². The van der Waals surface area contributed by atoms with Crippen LogP contribution in [-0.4, -0.2) is 26.8 Å². The van der Waals surface area contributed by atoms with E-state index in [1.807, 2.05) is 25.7 Å². The predicted octanol–water partition coefficient (Wildman–Crippen LogP) is 4.06. The summed E-state index contributed by atoms with van der Waals surface area (Å²) in [7, 11) is 0. The summed E-state index contributed by atoms with van der Waals surface area (Å²) in [6.07, 6.45) is 7.10. The molecule has 2 aromatic heterocycles. The van der Waals surface area contributed by atoms with E-state index in [1.54, 1.807) is 11.3 Å². The van der Waals surface area contributed by atoms with Gasteiger partial charge in [0.25, 0.3) is 5.56 Å². The van der Waals surface area contributed by atoms with Crippen molar-refractivity contribution in [2.24, 2.45) is 0 Å². The number of thiophene rings is 1. The van der Waals surface area contributed by atoms with E-state index in [-0.39, 0.29) is 17.5 Å². The minimum absolute atomic E-state index is 0.0895. The molecule has 1 N–H and O–H groups in total. The molecule has 136 valence electrons. The van der Waals surface area contributed by atoms with E-state index in [9.17, 15) is 9.59 Å². The lowest BCUT2D eigenvalue weighted by molar-refractivity contribution is -0.135. The number of aryl methyl sites for hydroxylation is 2. The van der Waals surface area contributed by atoms with Crippen LogP contribution in [0.4, 0.5) is 0 Å². The Kier molecular flexibility index (Phi) is 5.57. The number of carbonyl (C=O) groups excluding carboxylic acids is 1. The Hall–Kier alpha value is -1.69. The van der Waals surface area contributed by atoms with Gasteiger partial charge >= 0.3 is 0 Å². The van der Waals surface area contributed by atoms with Crippen molar-refractivity contribution < 1.29 is 4.79 Å². The van der Waals surface area contributed by atoms with E-state index in [0.29, 0.717) is 24.2 Å². The molecule has 1 aliphatic carbocycles. The van der Waals surface area contributed by atoms with Crippen molar-refractivity contribution in [2.45, 2.75) is 78.3 Å². The van der Waals surface area contributed by atoms with Gasteiger partial charge in [-0.3, -0.25) is 9.59 Å². The van der Waals surface area contributed by atoms with E-state index in [0.717, 1.165) is 34.5 Å². The number of hydrogen-bond donors (Lipinski definition) is 1. The lowest BCUT2D eigenvalue weighted by Crippen LogP contribution is -2.41. The third-order valence-electron chi connectivity index (χ3n) is 5.21. The van der Waals surface area contributed by atoms with Gasteiger partial charge in [-0.15, -0.1) is 11.3 Å². The predicted molar refractivity (Wildman–Crippen MR) is 102 cm³/mol. The van der Waals surface area contributed by atoms with Crippen LogP contribution in [0, 0.1) is 13.8 Å². The third-order valence-corrected chi connectivity index (χ3v) is 6.31. The highest BCUT2D eigenvalue weighted by Gasteiger charge is 2.26. The minimum atomic E-state index is -0.0895. The van der Waals surface area contributed by atoms with Gasteiger partial charge in [-0.2, -0.15) is 0 Å². The van der Waals surface area contributed by atoms with E-state index in [1.165, 1.54) is 19.3 Å². The molecule has 25 heavy (non-hydrogen) atoms. The fraction of sp³-hybridized carbons (Fsp3) is 0.632. The summed E-state index contributed by atoms with van der Waals surface area (Å²) >= 11 is 1.55. The molecule has 0 radical (unpaired) electrons. The van der Waals surface area contributed by atoms with E-state index < -0.39 is 0 Å². The summed E-state index contributed by atoms with van der Waals surface area (Å²) in [5, 5.41) is 0.690. The highest BCUT2D eigenvalue weighted by molar-refractivity contribution is 7.18. The quantitative estimate of drug-likeness (QED) is 0.873. The topological polar surface area (TPSA) is 66.1 Å². The van der Waals surface area contributed by atoms with E-state index in [2.05, 4.69) is 9.97 Å². The summed E-state index contributed by atoms with van der Waals surface area (Å²) < 4.78 is 0. The standard InChI is InChI=1S/C19H27N3O2S/c1-4-8-16(23)22(14-9-6-5-7-10-14)11-15-20-18(24)17-12(2)13(3)25-19(17)21-15/h14H,4-11H2,1-3H3,(H,20,21,24). The first-order valence-electron chi connectivity index (χ1n) is 9.29. The van der Waals surface area contributed by atoms with Crippen LogP contribution in [0.3, 0.4) is 0 Å². The Morgan fingerprint density at radius 3 is 2.68 bits per heavy atom. The number of aromatic nitrogens is 2. The van der Waals surface area contributed by atoms with Gasteiger partial charge in [0.05, 0.1) is 11.9 Å². The zero-order valence-electron chi connectivity index (χ0n) is 15.4. The number of fused-ring (bicyclic) bond motifs is 1. The molecule has 0 saturated heterocycles. The van der Waals surface area contributed by atoms with Gasteiger partial charge in [-0.25, -0.2) is 4.98 Å². The number of rotatable bonds is 5. The molecule has 1 amide bonds. The van der Waals surface area contributed by atoms with Gasteiger partial charge in [-0.05, 0) is 38.7 Å². The van der Waals surface area contributed by atoms with Gasteiger partial charge in [0, 0.05) is 17.3 Å². The van der Waals surface area contributed by atoms with Crippen molar-refractivity contribution in [1.29, 1.82) is 0 Å². The van der Waals surface area contributed by atoms with Crippen LogP contribution in [0.15, 0.2) is 4.79 Å². The number of nitrogens with one attached hydrogen (secondary N) is 1. The van der Waals surface area contributed by atoms with Gasteiger partial charge in [0.2, 0.25) is 5.91 Å². The second-order valence-corrected chi connectivity index (χ2v) is 8.24. The van der Waals surface area contributed by atoms with Crippen LogP contribution in [0.2, 0.25) is 0 Å². The summed E-state index contributed by atoms with van der Waals surface area (Å²) in [6.45, 7) is 6.41. The van der Waals surface area contributed by atoms with Crippen LogP contribution in [0.1, 0.15) is 68.1 Å². The second kappa shape index (κ2) is 7.68. The maximum absolute atomic E-state index is 12.7. The number of H-pyrrole nitrogens is 1. The average Bonchev–Trinajstić information content (AvgIpc) is 2.88. The fourth-order valence-electron chi connectivity index (χ4n) is 3.71. The highest BCUT2D eigenvalue weighted by Crippen LogP contribution is 2.27. The molecule has 2 aromatic rings. The molecule has 5 nitrogen and oxygen atoms in total. The minimum Gasteiger partial charge on any atom is -0.332 e. The second-order valence-electron chi connectivity index (χ2n) is 7.04. The third kappa shape index (κ3) is 3.78. The van der Waals surface area contributed by atoms with E-state index in [4.69, 9.17) is 0 Å². The van der Waals surface area contributed by atoms with Crippen molar-refractivity contribution >= 4 is 27.5 Å². The number of amides is 1. The van der Waals surface area contributed by atoms with Crippen LogP contribution < -0.4 is 5.56 Å². The maximum Gasteiger partial charge on any atom is 0.259 e. The lowest BCUT2D eigenvalue weighted by Gasteiger charge is -2.34. The SMILES string of the molecule is CCCC(=O)N(Cc1nc2sc(C)c(C)c2c(=O)[nH]1)C1CCCCC1.